The standard InChI is InChI=1S/C18H21NO4S/c1-15(20)17-8-10-18(11-9-17)24(21,22)19-12-5-13-23-14-16-6-3-2-4-7-16/h2-4,6-11,19H,5,12-14H2,1H3. The molecule has 0 spiro atoms. The van der Waals surface area contributed by atoms with Crippen molar-refractivity contribution < 1.29 is 17.9 Å². The van der Waals surface area contributed by atoms with Gasteiger partial charge in [-0.1, -0.05) is 42.5 Å². The molecule has 2 aromatic rings. The van der Waals surface area contributed by atoms with Crippen molar-refractivity contribution in [2.75, 3.05) is 13.2 Å². The van der Waals surface area contributed by atoms with Gasteiger partial charge in [-0.2, -0.15) is 0 Å². The number of carbonyl (C=O) groups excluding carboxylic acids is 1. The summed E-state index contributed by atoms with van der Waals surface area (Å²) in [5.41, 5.74) is 1.58. The molecule has 24 heavy (non-hydrogen) atoms. The third-order valence-electron chi connectivity index (χ3n) is 3.44. The summed E-state index contributed by atoms with van der Waals surface area (Å²) in [4.78, 5) is 11.4. The van der Waals surface area contributed by atoms with E-state index in [-0.39, 0.29) is 10.7 Å². The monoisotopic (exact) mass is 347 g/mol. The minimum Gasteiger partial charge on any atom is -0.377 e. The second-order valence-electron chi connectivity index (χ2n) is 5.37. The number of rotatable bonds is 9. The van der Waals surface area contributed by atoms with Gasteiger partial charge in [0.1, 0.15) is 0 Å². The van der Waals surface area contributed by atoms with Gasteiger partial charge >= 0.3 is 0 Å². The van der Waals surface area contributed by atoms with Crippen LogP contribution in [0, 0.1) is 0 Å². The van der Waals surface area contributed by atoms with Crippen molar-refractivity contribution in [2.24, 2.45) is 0 Å². The maximum atomic E-state index is 12.1. The molecule has 5 nitrogen and oxygen atoms in total. The fourth-order valence-corrected chi connectivity index (χ4v) is 3.17. The second kappa shape index (κ2) is 8.73. The van der Waals surface area contributed by atoms with Gasteiger partial charge in [-0.15, -0.1) is 0 Å². The molecule has 1 N–H and O–H groups in total. The number of hydrogen-bond acceptors (Lipinski definition) is 4. The molecule has 0 fully saturated rings. The molecule has 0 aliphatic heterocycles. The highest BCUT2D eigenvalue weighted by Gasteiger charge is 2.13. The first-order valence-electron chi connectivity index (χ1n) is 7.71. The van der Waals surface area contributed by atoms with Gasteiger partial charge in [-0.25, -0.2) is 13.1 Å². The van der Waals surface area contributed by atoms with Crippen LogP contribution in [0.3, 0.4) is 0 Å². The average molecular weight is 347 g/mol. The van der Waals surface area contributed by atoms with Crippen LogP contribution < -0.4 is 4.72 Å². The minimum atomic E-state index is -3.56. The van der Waals surface area contributed by atoms with Crippen LogP contribution in [-0.2, 0) is 21.4 Å². The summed E-state index contributed by atoms with van der Waals surface area (Å²) in [6, 6.07) is 15.7. The number of sulfonamides is 1. The number of ketones is 1. The molecule has 0 aliphatic rings. The van der Waals surface area contributed by atoms with E-state index >= 15 is 0 Å². The van der Waals surface area contributed by atoms with Crippen LogP contribution in [0.4, 0.5) is 0 Å². The quantitative estimate of drug-likeness (QED) is 0.559. The van der Waals surface area contributed by atoms with Gasteiger partial charge in [0.2, 0.25) is 10.0 Å². The van der Waals surface area contributed by atoms with Crippen molar-refractivity contribution in [1.82, 2.24) is 4.72 Å². The summed E-state index contributed by atoms with van der Waals surface area (Å²) < 4.78 is 32.3. The zero-order chi connectivity index (χ0) is 17.4. The van der Waals surface area contributed by atoms with E-state index in [2.05, 4.69) is 4.72 Å². The van der Waals surface area contributed by atoms with E-state index in [9.17, 15) is 13.2 Å². The third-order valence-corrected chi connectivity index (χ3v) is 4.92. The lowest BCUT2D eigenvalue weighted by Crippen LogP contribution is -2.25. The summed E-state index contributed by atoms with van der Waals surface area (Å²) in [5.74, 6) is -0.0949. The molecule has 0 saturated heterocycles. The molecule has 0 heterocycles. The molecule has 0 aromatic heterocycles. The highest BCUT2D eigenvalue weighted by molar-refractivity contribution is 7.89. The molecule has 0 unspecified atom stereocenters. The Labute approximate surface area is 142 Å². The van der Waals surface area contributed by atoms with Crippen LogP contribution in [0.2, 0.25) is 0 Å². The predicted molar refractivity (Wildman–Crippen MR) is 92.4 cm³/mol. The molecule has 128 valence electrons. The second-order valence-corrected chi connectivity index (χ2v) is 7.14. The largest absolute Gasteiger partial charge is 0.377 e. The van der Waals surface area contributed by atoms with Crippen LogP contribution in [0.25, 0.3) is 0 Å². The molecular weight excluding hydrogens is 326 g/mol. The van der Waals surface area contributed by atoms with E-state index in [4.69, 9.17) is 4.74 Å². The van der Waals surface area contributed by atoms with E-state index < -0.39 is 10.0 Å². The Hall–Kier alpha value is -2.02. The van der Waals surface area contributed by atoms with Crippen molar-refractivity contribution in [1.29, 1.82) is 0 Å². The van der Waals surface area contributed by atoms with Gasteiger partial charge in [0, 0.05) is 18.7 Å². The van der Waals surface area contributed by atoms with Gasteiger partial charge in [-0.3, -0.25) is 4.79 Å². The first-order chi connectivity index (χ1) is 11.5. The SMILES string of the molecule is CC(=O)c1ccc(S(=O)(=O)NCCCOCc2ccccc2)cc1. The van der Waals surface area contributed by atoms with Gasteiger partial charge < -0.3 is 4.74 Å². The van der Waals surface area contributed by atoms with Crippen LogP contribution >= 0.6 is 0 Å². The zero-order valence-corrected chi connectivity index (χ0v) is 14.4. The van der Waals surface area contributed by atoms with Crippen LogP contribution in [-0.4, -0.2) is 27.4 Å². The molecule has 0 bridgehead atoms. The van der Waals surface area contributed by atoms with Crippen molar-refractivity contribution >= 4 is 15.8 Å². The first-order valence-corrected chi connectivity index (χ1v) is 9.20. The van der Waals surface area contributed by atoms with Gasteiger partial charge in [0.15, 0.2) is 5.78 Å². The maximum absolute atomic E-state index is 12.1. The molecule has 6 heteroatoms. The third kappa shape index (κ3) is 5.56. The van der Waals surface area contributed by atoms with Gasteiger partial charge in [-0.05, 0) is 31.0 Å². The van der Waals surface area contributed by atoms with Crippen LogP contribution in [0.1, 0.15) is 29.3 Å². The smallest absolute Gasteiger partial charge is 0.240 e. The van der Waals surface area contributed by atoms with E-state index in [1.165, 1.54) is 31.2 Å². The van der Waals surface area contributed by atoms with Gasteiger partial charge in [0.25, 0.3) is 0 Å². The first kappa shape index (κ1) is 18.3. The van der Waals surface area contributed by atoms with Crippen molar-refractivity contribution in [3.05, 3.63) is 65.7 Å². The Balaban J connectivity index is 1.73. The van der Waals surface area contributed by atoms with Gasteiger partial charge in [0.05, 0.1) is 11.5 Å². The fourth-order valence-electron chi connectivity index (χ4n) is 2.10. The Bertz CT molecular complexity index is 755. The van der Waals surface area contributed by atoms with Crippen molar-refractivity contribution in [3.63, 3.8) is 0 Å². The fraction of sp³-hybridized carbons (Fsp3) is 0.278. The van der Waals surface area contributed by atoms with Crippen molar-refractivity contribution in [3.8, 4) is 0 Å². The lowest BCUT2D eigenvalue weighted by molar-refractivity contribution is 0.101. The number of Topliss-reactive ketones (excluding diaryl/α,β-unsaturated/α-hetero) is 1. The number of nitrogens with one attached hydrogen (secondary N) is 1. The number of ether oxygens (including phenoxy) is 1. The van der Waals surface area contributed by atoms with E-state index in [1.807, 2.05) is 30.3 Å². The maximum Gasteiger partial charge on any atom is 0.240 e. The minimum absolute atomic E-state index is 0.0949. The normalized spacial score (nSPS) is 11.4. The summed E-state index contributed by atoms with van der Waals surface area (Å²) in [6.07, 6.45) is 0.581. The average Bonchev–Trinajstić information content (AvgIpc) is 2.59. The summed E-state index contributed by atoms with van der Waals surface area (Å²) in [6.45, 7) is 2.73. The molecule has 0 aliphatic carbocycles. The summed E-state index contributed by atoms with van der Waals surface area (Å²) in [7, 11) is -3.56. The summed E-state index contributed by atoms with van der Waals surface area (Å²) in [5, 5.41) is 0. The molecule has 2 aromatic carbocycles. The zero-order valence-electron chi connectivity index (χ0n) is 13.6. The van der Waals surface area contributed by atoms with E-state index in [0.29, 0.717) is 31.7 Å². The molecule has 0 radical (unpaired) electrons. The van der Waals surface area contributed by atoms with Crippen LogP contribution in [0.15, 0.2) is 59.5 Å². The Morgan fingerprint density at radius 3 is 2.33 bits per heavy atom. The van der Waals surface area contributed by atoms with E-state index in [0.717, 1.165) is 5.56 Å². The number of carbonyl (C=O) groups is 1. The Kier molecular flexibility index (Phi) is 6.66. The molecular formula is C18H21NO4S. The Morgan fingerprint density at radius 2 is 1.71 bits per heavy atom. The highest BCUT2D eigenvalue weighted by atomic mass is 32.2. The molecule has 0 amide bonds. The molecule has 0 saturated carbocycles. The van der Waals surface area contributed by atoms with Crippen molar-refractivity contribution in [2.45, 2.75) is 24.8 Å². The number of benzene rings is 2. The topological polar surface area (TPSA) is 72.5 Å². The molecule has 0 atom stereocenters. The highest BCUT2D eigenvalue weighted by Crippen LogP contribution is 2.11. The summed E-state index contributed by atoms with van der Waals surface area (Å²) >= 11 is 0. The lowest BCUT2D eigenvalue weighted by atomic mass is 10.2. The molecule has 2 rings (SSSR count). The predicted octanol–water partition coefficient (Wildman–Crippen LogP) is 2.77. The van der Waals surface area contributed by atoms with Crippen LogP contribution in [0.5, 0.6) is 0 Å². The Morgan fingerprint density at radius 1 is 1.04 bits per heavy atom. The number of hydrogen-bond donors (Lipinski definition) is 1. The lowest BCUT2D eigenvalue weighted by Gasteiger charge is -2.08. The van der Waals surface area contributed by atoms with E-state index in [1.54, 1.807) is 0 Å².